The summed E-state index contributed by atoms with van der Waals surface area (Å²) < 4.78 is 16.7. The average molecular weight is 713 g/mol. The van der Waals surface area contributed by atoms with Crippen LogP contribution >= 0.6 is 11.6 Å². The van der Waals surface area contributed by atoms with Crippen molar-refractivity contribution >= 4 is 29.4 Å². The number of rotatable bonds is 15. The average Bonchev–Trinajstić information content (AvgIpc) is 3.10. The summed E-state index contributed by atoms with van der Waals surface area (Å²) in [6, 6.07) is 16.4. The van der Waals surface area contributed by atoms with Gasteiger partial charge < -0.3 is 55.5 Å². The van der Waals surface area contributed by atoms with Gasteiger partial charge in [0.2, 0.25) is 11.8 Å². The van der Waals surface area contributed by atoms with Gasteiger partial charge in [0.1, 0.15) is 36.9 Å². The fourth-order valence-corrected chi connectivity index (χ4v) is 5.52. The minimum absolute atomic E-state index is 0.0437. The third-order valence-electron chi connectivity index (χ3n) is 7.93. The largest absolute Gasteiger partial charge is 0.508 e. The van der Waals surface area contributed by atoms with Crippen LogP contribution in [0.4, 0.5) is 0 Å². The van der Waals surface area contributed by atoms with Gasteiger partial charge in [-0.05, 0) is 52.6 Å². The zero-order valence-electron chi connectivity index (χ0n) is 26.6. The molecule has 2 amide bonds. The summed E-state index contributed by atoms with van der Waals surface area (Å²) in [4.78, 5) is 37.4. The van der Waals surface area contributed by atoms with Crippen LogP contribution in [-0.4, -0.2) is 104 Å². The third kappa shape index (κ3) is 9.71. The van der Waals surface area contributed by atoms with Crippen LogP contribution in [0.2, 0.25) is 5.02 Å². The molecule has 0 spiro atoms. The minimum Gasteiger partial charge on any atom is -0.508 e. The van der Waals surface area contributed by atoms with E-state index in [1.165, 1.54) is 12.1 Å². The fourth-order valence-electron chi connectivity index (χ4n) is 5.27. The van der Waals surface area contributed by atoms with E-state index in [4.69, 9.17) is 32.2 Å². The molecule has 0 bridgehead atoms. The molecule has 4 rings (SSSR count). The van der Waals surface area contributed by atoms with Gasteiger partial charge in [-0.25, -0.2) is 4.79 Å². The van der Waals surface area contributed by atoms with Gasteiger partial charge >= 0.3 is 5.97 Å². The second-order valence-electron chi connectivity index (χ2n) is 11.5. The van der Waals surface area contributed by atoms with Gasteiger partial charge in [0, 0.05) is 18.0 Å². The maximum absolute atomic E-state index is 12.8. The van der Waals surface area contributed by atoms with Crippen LogP contribution in [0.3, 0.4) is 0 Å². The van der Waals surface area contributed by atoms with E-state index >= 15 is 0 Å². The van der Waals surface area contributed by atoms with E-state index in [0.717, 1.165) is 11.1 Å². The van der Waals surface area contributed by atoms with E-state index in [0.29, 0.717) is 16.9 Å². The Morgan fingerprint density at radius 1 is 1.04 bits per heavy atom. The molecule has 1 aliphatic heterocycles. The minimum atomic E-state index is -2.55. The number of hydrogen-bond donors (Lipinski definition) is 8. The Hall–Kier alpha value is -4.72. The molecule has 8 N–H and O–H groups in total. The van der Waals surface area contributed by atoms with Crippen molar-refractivity contribution in [1.29, 1.82) is 0 Å². The Balaban J connectivity index is 1.44. The van der Waals surface area contributed by atoms with Crippen LogP contribution in [0.5, 0.6) is 11.5 Å². The van der Waals surface area contributed by atoms with Gasteiger partial charge in [-0.15, -0.1) is 6.42 Å². The molecule has 3 aromatic rings. The Morgan fingerprint density at radius 2 is 1.72 bits per heavy atom. The lowest BCUT2D eigenvalue weighted by atomic mass is 9.88. The Bertz CT molecular complexity index is 1680. The number of nitrogens with one attached hydrogen (secondary N) is 2. The molecule has 6 atom stereocenters. The molecule has 0 aliphatic carbocycles. The van der Waals surface area contributed by atoms with E-state index in [1.54, 1.807) is 54.6 Å². The number of aromatic hydroxyl groups is 1. The van der Waals surface area contributed by atoms with Crippen molar-refractivity contribution in [1.82, 2.24) is 10.6 Å². The van der Waals surface area contributed by atoms with Gasteiger partial charge in [-0.3, -0.25) is 9.59 Å². The molecule has 266 valence electrons. The molecular formula is C35H37ClN2O12. The summed E-state index contributed by atoms with van der Waals surface area (Å²) in [7, 11) is 0. The predicted octanol–water partition coefficient (Wildman–Crippen LogP) is 0.730. The Labute approximate surface area is 292 Å². The third-order valence-corrected chi connectivity index (χ3v) is 8.28. The number of halogens is 1. The molecule has 0 radical (unpaired) electrons. The lowest BCUT2D eigenvalue weighted by Crippen LogP contribution is -2.68. The molecule has 15 heteroatoms. The van der Waals surface area contributed by atoms with E-state index < -0.39 is 73.6 Å². The number of terminal acetylenes is 1. The number of carbonyl (C=O) groups excluding carboxylic acids is 2. The van der Waals surface area contributed by atoms with Crippen LogP contribution in [0, 0.1) is 12.3 Å². The molecular weight excluding hydrogens is 676 g/mol. The maximum atomic E-state index is 12.8. The number of benzene rings is 3. The number of carboxylic acid groups (broad SMARTS) is 1. The topological polar surface area (TPSA) is 224 Å². The zero-order chi connectivity index (χ0) is 36.4. The highest BCUT2D eigenvalue weighted by Gasteiger charge is 2.55. The van der Waals surface area contributed by atoms with Crippen LogP contribution in [0.15, 0.2) is 66.7 Å². The SMILES string of the molecule is C#CCOc1ccc(CO[C@]2(C(=O)O)C[C@H](O)[C@@H](NC(=O)CO)[C@H]([C@H](O)[C@H](O)CNC(=O)Cc3ccc(-c4ccc(O)cc4)cc3Cl)O2)cc1. The van der Waals surface area contributed by atoms with Crippen LogP contribution < -0.4 is 15.4 Å². The lowest BCUT2D eigenvalue weighted by Gasteiger charge is -2.46. The summed E-state index contributed by atoms with van der Waals surface area (Å²) in [6.45, 7) is -1.83. The number of phenols is 1. The normalized spacial score (nSPS) is 21.3. The molecule has 1 aliphatic rings. The number of carboxylic acids is 1. The number of aliphatic hydroxyl groups is 4. The van der Waals surface area contributed by atoms with Gasteiger partial charge in [-0.2, -0.15) is 0 Å². The summed E-state index contributed by atoms with van der Waals surface area (Å²) in [6.07, 6.45) is -2.98. The Kier molecular flexibility index (Phi) is 13.2. The monoisotopic (exact) mass is 712 g/mol. The molecule has 1 fully saturated rings. The molecule has 1 heterocycles. The van der Waals surface area contributed by atoms with Crippen molar-refractivity contribution in [3.8, 4) is 35.0 Å². The highest BCUT2D eigenvalue weighted by molar-refractivity contribution is 6.31. The quantitative estimate of drug-likeness (QED) is 0.102. The van der Waals surface area contributed by atoms with Crippen molar-refractivity contribution < 1.29 is 59.2 Å². The summed E-state index contributed by atoms with van der Waals surface area (Å²) in [5, 5.41) is 67.0. The predicted molar refractivity (Wildman–Crippen MR) is 178 cm³/mol. The molecule has 3 aromatic carbocycles. The summed E-state index contributed by atoms with van der Waals surface area (Å²) in [5.41, 5.74) is 2.49. The van der Waals surface area contributed by atoms with Crippen molar-refractivity contribution in [2.24, 2.45) is 0 Å². The highest BCUT2D eigenvalue weighted by atomic mass is 35.5. The first-order valence-corrected chi connectivity index (χ1v) is 15.7. The highest BCUT2D eigenvalue weighted by Crippen LogP contribution is 2.34. The first kappa shape index (κ1) is 38.1. The number of phenolic OH excluding ortho intramolecular Hbond substituents is 1. The molecule has 14 nitrogen and oxygen atoms in total. The second-order valence-corrected chi connectivity index (χ2v) is 11.9. The zero-order valence-corrected chi connectivity index (χ0v) is 27.3. The first-order valence-electron chi connectivity index (χ1n) is 15.3. The molecule has 0 unspecified atom stereocenters. The smallest absolute Gasteiger partial charge is 0.364 e. The van der Waals surface area contributed by atoms with Crippen molar-refractivity contribution in [3.05, 3.63) is 82.9 Å². The van der Waals surface area contributed by atoms with E-state index in [2.05, 4.69) is 16.6 Å². The van der Waals surface area contributed by atoms with Gasteiger partial charge in [-0.1, -0.05) is 53.9 Å². The van der Waals surface area contributed by atoms with Gasteiger partial charge in [0.05, 0.1) is 31.3 Å². The second kappa shape index (κ2) is 17.3. The standard InChI is InChI=1S/C35H37ClN2O12/c1-2-13-48-25-11-3-20(4-12-25)19-49-35(34(46)47)16-27(41)31(38-30(44)18-39)33(50-35)32(45)28(42)17-37-29(43)15-23-6-5-22(14-26(23)36)21-7-9-24(40)10-8-21/h1,3-12,14,27-28,31-33,39-42,45H,13,15-19H2,(H,37,43)(H,38,44)(H,46,47)/t27-,28+,31+,32+,33+,35+/m0/s1. The van der Waals surface area contributed by atoms with Gasteiger partial charge in [0.15, 0.2) is 0 Å². The fraction of sp³-hybridized carbons (Fsp3) is 0.343. The van der Waals surface area contributed by atoms with Gasteiger partial charge in [0.25, 0.3) is 5.79 Å². The van der Waals surface area contributed by atoms with Crippen LogP contribution in [0.25, 0.3) is 11.1 Å². The van der Waals surface area contributed by atoms with E-state index in [-0.39, 0.29) is 30.4 Å². The number of ether oxygens (including phenoxy) is 3. The Morgan fingerprint density at radius 3 is 2.34 bits per heavy atom. The summed E-state index contributed by atoms with van der Waals surface area (Å²) >= 11 is 6.41. The number of aliphatic carboxylic acids is 1. The molecule has 1 saturated heterocycles. The number of hydrogen-bond acceptors (Lipinski definition) is 11. The lowest BCUT2D eigenvalue weighted by molar-refractivity contribution is -0.314. The van der Waals surface area contributed by atoms with Crippen LogP contribution in [0.1, 0.15) is 17.5 Å². The van der Waals surface area contributed by atoms with Crippen molar-refractivity contribution in [2.45, 2.75) is 55.7 Å². The molecule has 0 aromatic heterocycles. The van der Waals surface area contributed by atoms with E-state index in [1.807, 2.05) is 0 Å². The number of amides is 2. The van der Waals surface area contributed by atoms with Crippen molar-refractivity contribution in [2.75, 3.05) is 19.8 Å². The first-order chi connectivity index (χ1) is 23.8. The van der Waals surface area contributed by atoms with Crippen molar-refractivity contribution in [3.63, 3.8) is 0 Å². The summed E-state index contributed by atoms with van der Waals surface area (Å²) in [5.74, 6) is -2.86. The number of carbonyl (C=O) groups is 3. The molecule has 0 saturated carbocycles. The van der Waals surface area contributed by atoms with Crippen LogP contribution in [-0.2, 0) is 36.9 Å². The van der Waals surface area contributed by atoms with E-state index in [9.17, 15) is 45.0 Å². The maximum Gasteiger partial charge on any atom is 0.364 e. The molecule has 50 heavy (non-hydrogen) atoms. The number of aliphatic hydroxyl groups excluding tert-OH is 4.